The number of nitrogens with zero attached hydrogens (tertiary/aromatic N) is 2. The number of carbonyl (C=O) groups is 1. The lowest BCUT2D eigenvalue weighted by Gasteiger charge is -2.57. The Hall–Kier alpha value is -2.03. The van der Waals surface area contributed by atoms with E-state index >= 15 is 0 Å². The van der Waals surface area contributed by atoms with Gasteiger partial charge in [-0.3, -0.25) is 4.79 Å². The SMILES string of the molecule is O=C(NC1CC2(C1)CC(c1nc3ccc(Cl)cc3s1)C2)c1ccnc(S(=O)(=O)C2CC2)c1. The Bertz CT molecular complexity index is 1340. The van der Waals surface area contributed by atoms with Crippen molar-refractivity contribution in [1.82, 2.24) is 15.3 Å². The van der Waals surface area contributed by atoms with Crippen molar-refractivity contribution in [2.24, 2.45) is 5.41 Å². The van der Waals surface area contributed by atoms with Gasteiger partial charge in [0.2, 0.25) is 0 Å². The highest BCUT2D eigenvalue weighted by Crippen LogP contribution is 2.62. The Kier molecular flexibility index (Phi) is 4.65. The number of sulfone groups is 1. The van der Waals surface area contributed by atoms with Gasteiger partial charge in [0.15, 0.2) is 14.9 Å². The van der Waals surface area contributed by atoms with Gasteiger partial charge in [-0.25, -0.2) is 18.4 Å². The number of halogens is 1. The molecule has 0 radical (unpaired) electrons. The first-order valence-corrected chi connectivity index (χ1v) is 13.6. The van der Waals surface area contributed by atoms with Gasteiger partial charge in [-0.15, -0.1) is 11.3 Å². The molecular weight excluding hydrogens is 466 g/mol. The number of benzene rings is 1. The van der Waals surface area contributed by atoms with Gasteiger partial charge < -0.3 is 5.32 Å². The number of thiazole rings is 1. The summed E-state index contributed by atoms with van der Waals surface area (Å²) in [4.78, 5) is 21.5. The van der Waals surface area contributed by atoms with Gasteiger partial charge in [-0.1, -0.05) is 11.6 Å². The van der Waals surface area contributed by atoms with E-state index < -0.39 is 9.84 Å². The number of aromatic nitrogens is 2. The average molecular weight is 488 g/mol. The molecule has 166 valence electrons. The second kappa shape index (κ2) is 7.23. The van der Waals surface area contributed by atoms with Crippen LogP contribution in [0.5, 0.6) is 0 Å². The predicted molar refractivity (Wildman–Crippen MR) is 124 cm³/mol. The summed E-state index contributed by atoms with van der Waals surface area (Å²) in [5.41, 5.74) is 1.67. The number of hydrogen-bond donors (Lipinski definition) is 1. The Morgan fingerprint density at radius 1 is 1.12 bits per heavy atom. The van der Waals surface area contributed by atoms with Crippen LogP contribution in [0.3, 0.4) is 0 Å². The molecular formula is C23H22ClN3O3S2. The fourth-order valence-corrected chi connectivity index (χ4v) is 8.14. The smallest absolute Gasteiger partial charge is 0.251 e. The molecule has 3 saturated carbocycles. The molecule has 32 heavy (non-hydrogen) atoms. The van der Waals surface area contributed by atoms with E-state index in [0.717, 1.165) is 40.9 Å². The fraction of sp³-hybridized carbons (Fsp3) is 0.435. The molecule has 0 saturated heterocycles. The maximum absolute atomic E-state index is 12.7. The molecule has 6 rings (SSSR count). The van der Waals surface area contributed by atoms with E-state index in [1.165, 1.54) is 17.3 Å². The third-order valence-electron chi connectivity index (χ3n) is 7.02. The molecule has 1 amide bonds. The molecule has 1 spiro atoms. The van der Waals surface area contributed by atoms with E-state index in [9.17, 15) is 13.2 Å². The van der Waals surface area contributed by atoms with Crippen molar-refractivity contribution in [1.29, 1.82) is 0 Å². The third kappa shape index (κ3) is 3.53. The molecule has 0 atom stereocenters. The summed E-state index contributed by atoms with van der Waals surface area (Å²) in [6.45, 7) is 0. The molecule has 9 heteroatoms. The summed E-state index contributed by atoms with van der Waals surface area (Å²) < 4.78 is 25.9. The van der Waals surface area contributed by atoms with Gasteiger partial charge in [0.25, 0.3) is 5.91 Å². The minimum Gasteiger partial charge on any atom is -0.349 e. The van der Waals surface area contributed by atoms with Crippen molar-refractivity contribution in [3.8, 4) is 0 Å². The summed E-state index contributed by atoms with van der Waals surface area (Å²) in [6, 6.07) is 8.95. The normalized spacial score (nSPS) is 27.2. The van der Waals surface area contributed by atoms with E-state index in [2.05, 4.69) is 10.3 Å². The number of hydrogen-bond acceptors (Lipinski definition) is 6. The quantitative estimate of drug-likeness (QED) is 0.561. The van der Waals surface area contributed by atoms with Gasteiger partial charge in [0.1, 0.15) is 0 Å². The molecule has 3 aliphatic rings. The van der Waals surface area contributed by atoms with Crippen molar-refractivity contribution in [2.75, 3.05) is 0 Å². The van der Waals surface area contributed by atoms with Gasteiger partial charge in [0, 0.05) is 28.7 Å². The van der Waals surface area contributed by atoms with Crippen LogP contribution in [0.25, 0.3) is 10.2 Å². The summed E-state index contributed by atoms with van der Waals surface area (Å²) in [6.07, 6.45) is 6.90. The maximum atomic E-state index is 12.7. The molecule has 3 fully saturated rings. The van der Waals surface area contributed by atoms with Crippen molar-refractivity contribution in [3.63, 3.8) is 0 Å². The summed E-state index contributed by atoms with van der Waals surface area (Å²) in [7, 11) is -3.40. The average Bonchev–Trinajstić information content (AvgIpc) is 3.50. The molecule has 1 aromatic carbocycles. The highest BCUT2D eigenvalue weighted by Gasteiger charge is 2.54. The largest absolute Gasteiger partial charge is 0.349 e. The van der Waals surface area contributed by atoms with Gasteiger partial charge in [-0.05, 0) is 74.3 Å². The maximum Gasteiger partial charge on any atom is 0.251 e. The first-order chi connectivity index (χ1) is 15.3. The van der Waals surface area contributed by atoms with E-state index in [0.29, 0.717) is 29.7 Å². The highest BCUT2D eigenvalue weighted by atomic mass is 35.5. The van der Waals surface area contributed by atoms with Crippen LogP contribution in [-0.2, 0) is 9.84 Å². The number of pyridine rings is 1. The number of fused-ring (bicyclic) bond motifs is 1. The fourth-order valence-electron chi connectivity index (χ4n) is 5.20. The highest BCUT2D eigenvalue weighted by molar-refractivity contribution is 7.92. The predicted octanol–water partition coefficient (Wildman–Crippen LogP) is 4.74. The van der Waals surface area contributed by atoms with Gasteiger partial charge in [0.05, 0.1) is 20.5 Å². The summed E-state index contributed by atoms with van der Waals surface area (Å²) in [5, 5.41) is 4.67. The van der Waals surface area contributed by atoms with Crippen LogP contribution in [0.4, 0.5) is 0 Å². The molecule has 6 nitrogen and oxygen atoms in total. The van der Waals surface area contributed by atoms with E-state index in [1.54, 1.807) is 17.4 Å². The second-order valence-electron chi connectivity index (χ2n) is 9.48. The Morgan fingerprint density at radius 3 is 2.66 bits per heavy atom. The molecule has 1 N–H and O–H groups in total. The van der Waals surface area contributed by atoms with Crippen molar-refractivity contribution in [3.05, 3.63) is 52.1 Å². The zero-order chi connectivity index (χ0) is 22.1. The van der Waals surface area contributed by atoms with Crippen LogP contribution in [0.15, 0.2) is 41.6 Å². The summed E-state index contributed by atoms with van der Waals surface area (Å²) in [5.74, 6) is 0.261. The minimum absolute atomic E-state index is 0.0108. The molecule has 0 bridgehead atoms. The van der Waals surface area contributed by atoms with Gasteiger partial charge in [-0.2, -0.15) is 0 Å². The third-order valence-corrected chi connectivity index (χ3v) is 10.6. The Labute approximate surface area is 195 Å². The molecule has 2 aromatic heterocycles. The number of carbonyl (C=O) groups excluding carboxylic acids is 1. The van der Waals surface area contributed by atoms with Crippen LogP contribution in [0.1, 0.15) is 59.8 Å². The van der Waals surface area contributed by atoms with E-state index in [4.69, 9.17) is 16.6 Å². The lowest BCUT2D eigenvalue weighted by Crippen LogP contribution is -2.55. The molecule has 0 unspecified atom stereocenters. The lowest BCUT2D eigenvalue weighted by molar-refractivity contribution is -0.0187. The number of nitrogens with one attached hydrogen (secondary N) is 1. The van der Waals surface area contributed by atoms with E-state index in [-0.39, 0.29) is 22.2 Å². The van der Waals surface area contributed by atoms with Crippen LogP contribution in [-0.4, -0.2) is 35.6 Å². The summed E-state index contributed by atoms with van der Waals surface area (Å²) >= 11 is 7.82. The van der Waals surface area contributed by atoms with Crippen molar-refractivity contribution in [2.45, 2.75) is 60.8 Å². The molecule has 2 heterocycles. The standard InChI is InChI=1S/C23H22ClN3O3S2/c24-15-1-4-18-19(8-15)31-22(27-18)14-9-23(10-14)11-16(12-23)26-21(28)13-5-6-25-20(7-13)32(29,30)17-2-3-17/h1,4-8,14,16-17H,2-3,9-12H2,(H,26,28). The second-order valence-corrected chi connectivity index (χ2v) is 13.1. The zero-order valence-electron chi connectivity index (χ0n) is 17.3. The Morgan fingerprint density at radius 2 is 1.91 bits per heavy atom. The topological polar surface area (TPSA) is 89.0 Å². The molecule has 3 aromatic rings. The number of amides is 1. The Balaban J connectivity index is 1.06. The van der Waals surface area contributed by atoms with Crippen molar-refractivity contribution >= 4 is 48.9 Å². The first kappa shape index (κ1) is 20.6. The molecule has 0 aliphatic heterocycles. The van der Waals surface area contributed by atoms with Crippen LogP contribution in [0.2, 0.25) is 5.02 Å². The van der Waals surface area contributed by atoms with Gasteiger partial charge >= 0.3 is 0 Å². The molecule has 3 aliphatic carbocycles. The minimum atomic E-state index is -3.40. The lowest BCUT2D eigenvalue weighted by atomic mass is 9.50. The van der Waals surface area contributed by atoms with Crippen LogP contribution in [0, 0.1) is 5.41 Å². The number of rotatable bonds is 5. The van der Waals surface area contributed by atoms with Crippen LogP contribution < -0.4 is 5.32 Å². The zero-order valence-corrected chi connectivity index (χ0v) is 19.6. The monoisotopic (exact) mass is 487 g/mol. The van der Waals surface area contributed by atoms with Crippen molar-refractivity contribution < 1.29 is 13.2 Å². The van der Waals surface area contributed by atoms with E-state index in [1.807, 2.05) is 18.2 Å². The first-order valence-electron chi connectivity index (χ1n) is 10.9. The van der Waals surface area contributed by atoms with Crippen LogP contribution >= 0.6 is 22.9 Å².